The third kappa shape index (κ3) is 6.81. The molecule has 0 aliphatic rings. The van der Waals surface area contributed by atoms with E-state index >= 15 is 0 Å². The van der Waals surface area contributed by atoms with E-state index in [4.69, 9.17) is 13.1 Å². The van der Waals surface area contributed by atoms with Gasteiger partial charge in [-0.2, -0.15) is 16.8 Å². The van der Waals surface area contributed by atoms with E-state index in [1.807, 2.05) is 0 Å². The minimum Gasteiger partial charge on any atom is -0.488 e. The molecule has 4 aromatic rings. The highest BCUT2D eigenvalue weighted by atomic mass is 32.2. The van der Waals surface area contributed by atoms with E-state index in [2.05, 4.69) is 0 Å². The van der Waals surface area contributed by atoms with Crippen molar-refractivity contribution in [2.45, 2.75) is 30.2 Å². The van der Waals surface area contributed by atoms with Gasteiger partial charge in [-0.15, -0.1) is 0 Å². The number of benzene rings is 4. The number of hydrogen-bond acceptors (Lipinski definition) is 8. The third-order valence-electron chi connectivity index (χ3n) is 5.53. The van der Waals surface area contributed by atoms with Crippen molar-refractivity contribution < 1.29 is 39.1 Å². The van der Waals surface area contributed by atoms with Crippen LogP contribution in [0.15, 0.2) is 94.7 Å². The lowest BCUT2D eigenvalue weighted by Gasteiger charge is -2.16. The first-order chi connectivity index (χ1) is 18.5. The zero-order chi connectivity index (χ0) is 28.2. The summed E-state index contributed by atoms with van der Waals surface area (Å²) in [4.78, 5) is 11.7. The Balaban J connectivity index is 1.75. The van der Waals surface area contributed by atoms with Crippen LogP contribution in [0.25, 0.3) is 0 Å². The van der Waals surface area contributed by atoms with Crippen LogP contribution in [0.1, 0.15) is 27.0 Å². The summed E-state index contributed by atoms with van der Waals surface area (Å²) in [5, 5.41) is 0. The normalized spacial score (nSPS) is 11.6. The van der Waals surface area contributed by atoms with Gasteiger partial charge >= 0.3 is 20.2 Å². The second kappa shape index (κ2) is 11.3. The Bertz CT molecular complexity index is 1700. The maximum Gasteiger partial charge on any atom is 0.339 e. The maximum absolute atomic E-state index is 13.3. The van der Waals surface area contributed by atoms with Crippen molar-refractivity contribution in [3.63, 3.8) is 0 Å². The highest BCUT2D eigenvalue weighted by Gasteiger charge is 2.24. The Kier molecular flexibility index (Phi) is 8.03. The number of aldehydes is 1. The number of hydrogen-bond donors (Lipinski definition) is 0. The average Bonchev–Trinajstić information content (AvgIpc) is 2.88. The molecule has 0 bridgehead atoms. The zero-order valence-electron chi connectivity index (χ0n) is 20.8. The Morgan fingerprint density at radius 3 is 1.69 bits per heavy atom. The van der Waals surface area contributed by atoms with Gasteiger partial charge in [-0.1, -0.05) is 47.5 Å². The van der Waals surface area contributed by atoms with Crippen molar-refractivity contribution in [1.29, 1.82) is 0 Å². The Morgan fingerprint density at radius 2 is 1.18 bits per heavy atom. The van der Waals surface area contributed by atoms with Crippen LogP contribution in [0, 0.1) is 19.7 Å². The molecule has 8 nitrogen and oxygen atoms in total. The van der Waals surface area contributed by atoms with Gasteiger partial charge < -0.3 is 13.1 Å². The maximum atomic E-state index is 13.3. The summed E-state index contributed by atoms with van der Waals surface area (Å²) >= 11 is 0. The van der Waals surface area contributed by atoms with E-state index in [0.29, 0.717) is 11.8 Å². The summed E-state index contributed by atoms with van der Waals surface area (Å²) in [6.45, 7) is 3.42. The van der Waals surface area contributed by atoms with E-state index in [1.54, 1.807) is 38.1 Å². The van der Waals surface area contributed by atoms with Crippen LogP contribution < -0.4 is 13.1 Å². The van der Waals surface area contributed by atoms with E-state index in [9.17, 15) is 26.0 Å². The van der Waals surface area contributed by atoms with Crippen molar-refractivity contribution in [3.05, 3.63) is 113 Å². The fourth-order valence-electron chi connectivity index (χ4n) is 3.42. The molecular weight excluding hydrogens is 547 g/mol. The summed E-state index contributed by atoms with van der Waals surface area (Å²) in [6, 6.07) is 19.2. The first kappa shape index (κ1) is 27.8. The van der Waals surface area contributed by atoms with Crippen molar-refractivity contribution in [2.24, 2.45) is 0 Å². The molecule has 0 saturated carbocycles. The van der Waals surface area contributed by atoms with Crippen LogP contribution in [0.4, 0.5) is 4.39 Å². The molecule has 0 amide bonds. The molecule has 0 aromatic heterocycles. The van der Waals surface area contributed by atoms with Gasteiger partial charge in [0.2, 0.25) is 0 Å². The molecule has 11 heteroatoms. The van der Waals surface area contributed by atoms with Crippen LogP contribution >= 0.6 is 0 Å². The van der Waals surface area contributed by atoms with E-state index in [0.717, 1.165) is 23.3 Å². The number of aryl methyl sites for hydroxylation is 2. The van der Waals surface area contributed by atoms with Crippen LogP contribution in [0.3, 0.4) is 0 Å². The zero-order valence-corrected chi connectivity index (χ0v) is 22.5. The van der Waals surface area contributed by atoms with Gasteiger partial charge in [0.15, 0.2) is 12.0 Å². The molecule has 0 fully saturated rings. The molecule has 0 aliphatic carbocycles. The van der Waals surface area contributed by atoms with Gasteiger partial charge in [-0.25, -0.2) is 4.39 Å². The minimum atomic E-state index is -4.43. The molecule has 0 aliphatic heterocycles. The Morgan fingerprint density at radius 1 is 0.692 bits per heavy atom. The van der Waals surface area contributed by atoms with Crippen LogP contribution in [0.2, 0.25) is 0 Å². The van der Waals surface area contributed by atoms with Gasteiger partial charge in [0.25, 0.3) is 0 Å². The van der Waals surface area contributed by atoms with Gasteiger partial charge in [0, 0.05) is 12.1 Å². The third-order valence-corrected chi connectivity index (χ3v) is 8.04. The van der Waals surface area contributed by atoms with E-state index in [1.165, 1.54) is 48.5 Å². The van der Waals surface area contributed by atoms with Gasteiger partial charge in [0.05, 0.1) is 0 Å². The van der Waals surface area contributed by atoms with Crippen molar-refractivity contribution in [1.82, 2.24) is 0 Å². The predicted molar refractivity (Wildman–Crippen MR) is 141 cm³/mol. The molecule has 0 heterocycles. The Hall–Kier alpha value is -4.22. The molecule has 0 N–H and O–H groups in total. The van der Waals surface area contributed by atoms with E-state index in [-0.39, 0.29) is 33.5 Å². The fourth-order valence-corrected chi connectivity index (χ4v) is 5.28. The molecule has 0 saturated heterocycles. The molecular formula is C28H23FO8S2. The summed E-state index contributed by atoms with van der Waals surface area (Å²) < 4.78 is 81.3. The lowest BCUT2D eigenvalue weighted by molar-refractivity contribution is 0.111. The van der Waals surface area contributed by atoms with Crippen molar-refractivity contribution in [3.8, 4) is 17.2 Å². The smallest absolute Gasteiger partial charge is 0.339 e. The monoisotopic (exact) mass is 570 g/mol. The molecule has 0 unspecified atom stereocenters. The summed E-state index contributed by atoms with van der Waals surface area (Å²) in [7, 11) is -8.78. The first-order valence-corrected chi connectivity index (χ1v) is 14.3. The standard InChI is InChI=1S/C28H23FO8S2/c1-19-3-11-24(12-4-19)38(31,32)36-23-15-27(35-18-21-7-9-22(29)10-8-21)26(17-30)28(16-23)37-39(33,34)25-13-5-20(2)6-14-25/h3-17H,18H2,1-2H3. The molecule has 0 spiro atoms. The second-order valence-electron chi connectivity index (χ2n) is 8.57. The molecule has 4 aromatic carbocycles. The quantitative estimate of drug-likeness (QED) is 0.185. The predicted octanol–water partition coefficient (Wildman–Crippen LogP) is 5.37. The minimum absolute atomic E-state index is 0.143. The Labute approximate surface area is 225 Å². The molecule has 39 heavy (non-hydrogen) atoms. The topological polar surface area (TPSA) is 113 Å². The van der Waals surface area contributed by atoms with Gasteiger partial charge in [-0.3, -0.25) is 4.79 Å². The largest absolute Gasteiger partial charge is 0.488 e. The number of halogens is 1. The van der Waals surface area contributed by atoms with Crippen LogP contribution in [-0.2, 0) is 26.8 Å². The number of ether oxygens (including phenoxy) is 1. The highest BCUT2D eigenvalue weighted by Crippen LogP contribution is 2.36. The SMILES string of the molecule is Cc1ccc(S(=O)(=O)Oc2cc(OCc3ccc(F)cc3)c(C=O)c(OS(=O)(=O)c3ccc(C)cc3)c2)cc1. The van der Waals surface area contributed by atoms with Crippen LogP contribution in [-0.4, -0.2) is 23.1 Å². The first-order valence-electron chi connectivity index (χ1n) is 11.5. The van der Waals surface area contributed by atoms with E-state index < -0.39 is 31.8 Å². The lowest BCUT2D eigenvalue weighted by atomic mass is 10.2. The highest BCUT2D eigenvalue weighted by molar-refractivity contribution is 7.87. The van der Waals surface area contributed by atoms with Crippen LogP contribution in [0.5, 0.6) is 17.2 Å². The molecule has 4 rings (SSSR count). The fraction of sp³-hybridized carbons (Fsp3) is 0.107. The van der Waals surface area contributed by atoms with Crippen molar-refractivity contribution >= 4 is 26.5 Å². The number of rotatable bonds is 10. The molecule has 0 radical (unpaired) electrons. The average molecular weight is 571 g/mol. The van der Waals surface area contributed by atoms with Crippen molar-refractivity contribution in [2.75, 3.05) is 0 Å². The molecule has 202 valence electrons. The number of carbonyl (C=O) groups is 1. The summed E-state index contributed by atoms with van der Waals surface area (Å²) in [6.07, 6.45) is 0.318. The summed E-state index contributed by atoms with van der Waals surface area (Å²) in [5.41, 5.74) is 1.88. The van der Waals surface area contributed by atoms with Gasteiger partial charge in [-0.05, 0) is 55.8 Å². The van der Waals surface area contributed by atoms with Gasteiger partial charge in [0.1, 0.15) is 39.3 Å². The second-order valence-corrected chi connectivity index (χ2v) is 11.7. The summed E-state index contributed by atoms with van der Waals surface area (Å²) in [5.74, 6) is -1.53. The lowest BCUT2D eigenvalue weighted by Crippen LogP contribution is -2.13. The number of carbonyl (C=O) groups excluding carboxylic acids is 1. The molecule has 0 atom stereocenters.